The van der Waals surface area contributed by atoms with Crippen molar-refractivity contribution in [3.8, 4) is 0 Å². The molecule has 63 heavy (non-hydrogen) atoms. The Balaban J connectivity index is 0.781. The van der Waals surface area contributed by atoms with Crippen molar-refractivity contribution < 1.29 is 27.6 Å². The van der Waals surface area contributed by atoms with Crippen LogP contribution in [0.3, 0.4) is 0 Å². The number of rotatable bonds is 16. The second-order valence-corrected chi connectivity index (χ2v) is 16.9. The predicted octanol–water partition coefficient (Wildman–Crippen LogP) is 4.95. The maximum absolute atomic E-state index is 13.5. The van der Waals surface area contributed by atoms with Gasteiger partial charge in [0.25, 0.3) is 5.56 Å². The molecule has 0 aliphatic carbocycles. The molecule has 0 spiro atoms. The number of amides is 3. The molecule has 5 N–H and O–H groups in total. The van der Waals surface area contributed by atoms with Crippen LogP contribution in [0.5, 0.6) is 0 Å². The van der Waals surface area contributed by atoms with Crippen LogP contribution in [0, 0.1) is 0 Å². The first kappa shape index (κ1) is 45.3. The van der Waals surface area contributed by atoms with Crippen LogP contribution in [0.2, 0.25) is 0 Å². The SMILES string of the molecule is C[C@@H](Nc1ncnc2c1cc(N1CCN(CCCCCCCN3CCN(C(=O)CNc4ccc(C5CCC(=O)NC5=O)cc4)CC3)CC1)c(=O)n2C)c1cc(N)cc(C(F)(F)F)c1. The first-order valence-corrected chi connectivity index (χ1v) is 22.0. The Kier molecular flexibility index (Phi) is 14.5. The molecule has 0 saturated carbocycles. The number of anilines is 4. The molecular formula is C45H58F3N11O4. The summed E-state index contributed by atoms with van der Waals surface area (Å²) < 4.78 is 42.0. The van der Waals surface area contributed by atoms with E-state index in [0.29, 0.717) is 67.1 Å². The lowest BCUT2D eigenvalue weighted by Gasteiger charge is -2.36. The molecule has 4 aromatic rings. The summed E-state index contributed by atoms with van der Waals surface area (Å²) in [5.41, 5.74) is 7.84. The van der Waals surface area contributed by atoms with Crippen LogP contribution < -0.4 is 32.1 Å². The van der Waals surface area contributed by atoms with Crippen molar-refractivity contribution in [1.29, 1.82) is 0 Å². The molecule has 3 aliphatic heterocycles. The average molecular weight is 874 g/mol. The number of hydrogen-bond donors (Lipinski definition) is 4. The number of fused-ring (bicyclic) bond motifs is 1. The number of piperidine rings is 1. The van der Waals surface area contributed by atoms with Gasteiger partial charge in [-0.15, -0.1) is 0 Å². The zero-order valence-electron chi connectivity index (χ0n) is 36.1. The van der Waals surface area contributed by atoms with Crippen LogP contribution in [0.15, 0.2) is 59.7 Å². The summed E-state index contributed by atoms with van der Waals surface area (Å²) in [5.74, 6) is -0.338. The first-order chi connectivity index (χ1) is 30.2. The highest BCUT2D eigenvalue weighted by Crippen LogP contribution is 2.34. The van der Waals surface area contributed by atoms with Crippen LogP contribution in [0.4, 0.5) is 36.1 Å². The lowest BCUT2D eigenvalue weighted by atomic mass is 9.90. The minimum absolute atomic E-state index is 0.0152. The van der Waals surface area contributed by atoms with Gasteiger partial charge in [0.15, 0.2) is 0 Å². The minimum Gasteiger partial charge on any atom is -0.399 e. The molecule has 0 bridgehead atoms. The molecule has 3 fully saturated rings. The van der Waals surface area contributed by atoms with Crippen molar-refractivity contribution in [2.45, 2.75) is 70.0 Å². The molecule has 338 valence electrons. The topological polar surface area (TPSA) is 174 Å². The van der Waals surface area contributed by atoms with Crippen molar-refractivity contribution in [2.24, 2.45) is 7.05 Å². The fourth-order valence-corrected chi connectivity index (χ4v) is 8.74. The Morgan fingerprint density at radius 1 is 0.873 bits per heavy atom. The number of nitrogen functional groups attached to an aromatic ring is 1. The number of alkyl halides is 3. The molecule has 1 unspecified atom stereocenters. The highest BCUT2D eigenvalue weighted by molar-refractivity contribution is 6.01. The molecule has 0 radical (unpaired) electrons. The molecular weight excluding hydrogens is 816 g/mol. The van der Waals surface area contributed by atoms with Gasteiger partial charge >= 0.3 is 6.18 Å². The lowest BCUT2D eigenvalue weighted by Crippen LogP contribution is -2.50. The molecule has 2 atom stereocenters. The second kappa shape index (κ2) is 20.2. The number of hydrogen-bond acceptors (Lipinski definition) is 12. The zero-order valence-corrected chi connectivity index (χ0v) is 36.1. The molecule has 3 amide bonds. The molecule has 3 saturated heterocycles. The van der Waals surface area contributed by atoms with E-state index in [1.807, 2.05) is 29.2 Å². The number of aryl methyl sites for hydroxylation is 1. The van der Waals surface area contributed by atoms with E-state index in [-0.39, 0.29) is 41.4 Å². The number of carbonyl (C=O) groups excluding carboxylic acids is 3. The van der Waals surface area contributed by atoms with E-state index in [1.165, 1.54) is 23.4 Å². The number of nitrogens with one attached hydrogen (secondary N) is 3. The third-order valence-electron chi connectivity index (χ3n) is 12.5. The van der Waals surface area contributed by atoms with Gasteiger partial charge in [-0.25, -0.2) is 9.97 Å². The summed E-state index contributed by atoms with van der Waals surface area (Å²) in [5, 5.41) is 9.43. The number of piperazine rings is 2. The molecule has 7 rings (SSSR count). The fraction of sp³-hybridized carbons (Fsp3) is 0.511. The van der Waals surface area contributed by atoms with Gasteiger partial charge in [0.1, 0.15) is 23.5 Å². The average Bonchev–Trinajstić information content (AvgIpc) is 3.27. The van der Waals surface area contributed by atoms with Gasteiger partial charge in [0.2, 0.25) is 17.7 Å². The van der Waals surface area contributed by atoms with Crippen LogP contribution in [-0.4, -0.2) is 119 Å². The monoisotopic (exact) mass is 873 g/mol. The highest BCUT2D eigenvalue weighted by atomic mass is 19.4. The number of imide groups is 1. The number of pyridine rings is 1. The number of nitrogens with zero attached hydrogens (tertiary/aromatic N) is 7. The van der Waals surface area contributed by atoms with E-state index in [1.54, 1.807) is 20.0 Å². The van der Waals surface area contributed by atoms with Crippen molar-refractivity contribution in [3.05, 3.63) is 81.9 Å². The molecule has 5 heterocycles. The van der Waals surface area contributed by atoms with Crippen LogP contribution in [0.25, 0.3) is 11.0 Å². The molecule has 18 heteroatoms. The fourth-order valence-electron chi connectivity index (χ4n) is 8.74. The van der Waals surface area contributed by atoms with Crippen LogP contribution >= 0.6 is 0 Å². The number of aromatic nitrogens is 3. The second-order valence-electron chi connectivity index (χ2n) is 16.9. The summed E-state index contributed by atoms with van der Waals surface area (Å²) in [4.78, 5) is 67.7. The van der Waals surface area contributed by atoms with Gasteiger partial charge in [-0.2, -0.15) is 13.2 Å². The Morgan fingerprint density at radius 3 is 2.17 bits per heavy atom. The lowest BCUT2D eigenvalue weighted by molar-refractivity contribution is -0.138. The van der Waals surface area contributed by atoms with Crippen molar-refractivity contribution in [1.82, 2.24) is 34.6 Å². The molecule has 3 aliphatic rings. The number of carbonyl (C=O) groups is 3. The van der Waals surface area contributed by atoms with Crippen LogP contribution in [-0.2, 0) is 27.6 Å². The third-order valence-corrected chi connectivity index (χ3v) is 12.5. The Bertz CT molecular complexity index is 2310. The number of benzene rings is 2. The van der Waals surface area contributed by atoms with E-state index < -0.39 is 17.8 Å². The number of nitrogens with two attached hydrogens (primary N) is 1. The summed E-state index contributed by atoms with van der Waals surface area (Å²) in [7, 11) is 1.67. The molecule has 2 aromatic carbocycles. The van der Waals surface area contributed by atoms with Crippen molar-refractivity contribution in [3.63, 3.8) is 0 Å². The summed E-state index contributed by atoms with van der Waals surface area (Å²) in [6, 6.07) is 12.2. The normalized spacial score (nSPS) is 18.4. The minimum atomic E-state index is -4.53. The van der Waals surface area contributed by atoms with Gasteiger partial charge in [0.05, 0.1) is 29.5 Å². The standard InChI is InChI=1S/C45H58F3N11O4/c1-30(32-24-33(45(46,47)48)26-34(49)25-32)53-41-37-27-38(44(63)55(2)42(37)52-29-51-41)58-20-16-56(17-21-58)14-6-4-3-5-7-15-57-18-22-59(23-19-57)40(61)28-50-35-10-8-31(9-11-35)36-12-13-39(60)54-43(36)62/h8-11,24-27,29-30,36,50H,3-7,12-23,28,49H2,1-2H3,(H,51,52,53)(H,54,60,62)/t30-,36?/m1/s1. The van der Waals surface area contributed by atoms with Crippen LogP contribution in [0.1, 0.15) is 80.5 Å². The first-order valence-electron chi connectivity index (χ1n) is 22.0. The Labute approximate surface area is 365 Å². The van der Waals surface area contributed by atoms with E-state index in [4.69, 9.17) is 5.73 Å². The van der Waals surface area contributed by atoms with E-state index in [9.17, 15) is 32.3 Å². The molecule has 15 nitrogen and oxygen atoms in total. The molecule has 2 aromatic heterocycles. The Morgan fingerprint density at radius 2 is 1.52 bits per heavy atom. The van der Waals surface area contributed by atoms with Crippen molar-refractivity contribution >= 4 is 51.6 Å². The quantitative estimate of drug-likeness (QED) is 0.0679. The zero-order chi connectivity index (χ0) is 44.7. The van der Waals surface area contributed by atoms with Crippen molar-refractivity contribution in [2.75, 3.05) is 93.3 Å². The Hall–Kier alpha value is -5.75. The van der Waals surface area contributed by atoms with Gasteiger partial charge in [-0.1, -0.05) is 31.4 Å². The highest BCUT2D eigenvalue weighted by Gasteiger charge is 2.32. The summed E-state index contributed by atoms with van der Waals surface area (Å²) >= 11 is 0. The smallest absolute Gasteiger partial charge is 0.399 e. The summed E-state index contributed by atoms with van der Waals surface area (Å²) in [6.07, 6.45) is 3.38. The number of unbranched alkanes of at least 4 members (excludes halogenated alkanes) is 4. The maximum atomic E-state index is 13.5. The van der Waals surface area contributed by atoms with Gasteiger partial charge in [0, 0.05) is 77.2 Å². The van der Waals surface area contributed by atoms with Gasteiger partial charge < -0.3 is 26.2 Å². The third kappa shape index (κ3) is 11.4. The van der Waals surface area contributed by atoms with E-state index in [2.05, 4.69) is 40.6 Å². The van der Waals surface area contributed by atoms with E-state index >= 15 is 0 Å². The van der Waals surface area contributed by atoms with Gasteiger partial charge in [-0.3, -0.25) is 38.9 Å². The van der Waals surface area contributed by atoms with E-state index in [0.717, 1.165) is 88.3 Å². The summed E-state index contributed by atoms with van der Waals surface area (Å²) in [6.45, 7) is 10.2. The van der Waals surface area contributed by atoms with Gasteiger partial charge in [-0.05, 0) is 86.8 Å². The predicted molar refractivity (Wildman–Crippen MR) is 237 cm³/mol. The largest absolute Gasteiger partial charge is 0.416 e. The maximum Gasteiger partial charge on any atom is 0.416 e. The number of halogens is 3.